The van der Waals surface area contributed by atoms with Gasteiger partial charge in [-0.15, -0.1) is 0 Å². The Labute approximate surface area is 186 Å². The number of anilines is 1. The molecule has 2 saturated heterocycles. The van der Waals surface area contributed by atoms with Crippen LogP contribution in [0.25, 0.3) is 0 Å². The lowest BCUT2D eigenvalue weighted by molar-refractivity contribution is -0.385. The molecule has 0 saturated carbocycles. The maximum Gasteiger partial charge on any atom is 0.410 e. The van der Waals surface area contributed by atoms with Gasteiger partial charge in [-0.05, 0) is 24.5 Å². The van der Waals surface area contributed by atoms with Gasteiger partial charge in [-0.25, -0.2) is 4.79 Å². The van der Waals surface area contributed by atoms with E-state index in [-0.39, 0.29) is 24.1 Å². The Balaban J connectivity index is 1.35. The predicted molar refractivity (Wildman–Crippen MR) is 118 cm³/mol. The molecule has 1 amide bonds. The molecular formula is C23H27N3O6. The highest BCUT2D eigenvalue weighted by molar-refractivity contribution is 5.68. The molecule has 2 aromatic carbocycles. The maximum absolute atomic E-state index is 12.6. The first-order chi connectivity index (χ1) is 15.5. The fourth-order valence-electron chi connectivity index (χ4n) is 4.30. The van der Waals surface area contributed by atoms with Gasteiger partial charge in [-0.1, -0.05) is 30.3 Å². The van der Waals surface area contributed by atoms with E-state index in [1.807, 2.05) is 30.3 Å². The van der Waals surface area contributed by atoms with E-state index in [4.69, 9.17) is 14.2 Å². The number of ether oxygens (including phenoxy) is 3. The summed E-state index contributed by atoms with van der Waals surface area (Å²) in [7, 11) is 1.43. The summed E-state index contributed by atoms with van der Waals surface area (Å²) in [6.07, 6.45) is 1.17. The van der Waals surface area contributed by atoms with E-state index in [2.05, 4.69) is 4.90 Å². The molecule has 0 bridgehead atoms. The minimum atomic E-state index is -0.449. The standard InChI is InChI=1S/C23H27N3O6/c1-30-21-15-19(7-8-20(21)26(28)29)24-11-9-23(10-12-24)17-25(13-14-32-23)22(27)31-16-18-5-3-2-4-6-18/h2-8,15H,9-14,16-17H2,1H3. The van der Waals surface area contributed by atoms with Crippen LogP contribution in [0.2, 0.25) is 0 Å². The van der Waals surface area contributed by atoms with Gasteiger partial charge in [0.2, 0.25) is 0 Å². The largest absolute Gasteiger partial charge is 0.490 e. The fraction of sp³-hybridized carbons (Fsp3) is 0.435. The zero-order valence-corrected chi connectivity index (χ0v) is 18.1. The Morgan fingerprint density at radius 3 is 2.59 bits per heavy atom. The first-order valence-corrected chi connectivity index (χ1v) is 10.7. The second-order valence-electron chi connectivity index (χ2n) is 8.09. The molecule has 2 aromatic rings. The van der Waals surface area contributed by atoms with Crippen LogP contribution in [0, 0.1) is 10.1 Å². The summed E-state index contributed by atoms with van der Waals surface area (Å²) < 4.78 is 16.8. The number of morpholine rings is 1. The minimum absolute atomic E-state index is 0.0509. The van der Waals surface area contributed by atoms with E-state index in [1.165, 1.54) is 13.2 Å². The Kier molecular flexibility index (Phi) is 6.45. The van der Waals surface area contributed by atoms with Gasteiger partial charge >= 0.3 is 11.8 Å². The van der Waals surface area contributed by atoms with Crippen LogP contribution in [0.5, 0.6) is 5.75 Å². The number of nitro benzene ring substituents is 1. The molecule has 32 heavy (non-hydrogen) atoms. The van der Waals surface area contributed by atoms with Crippen molar-refractivity contribution in [3.8, 4) is 5.75 Å². The van der Waals surface area contributed by atoms with Crippen LogP contribution < -0.4 is 9.64 Å². The van der Waals surface area contributed by atoms with Crippen molar-refractivity contribution in [2.45, 2.75) is 25.0 Å². The number of nitro groups is 1. The number of benzene rings is 2. The molecule has 170 valence electrons. The summed E-state index contributed by atoms with van der Waals surface area (Å²) in [4.78, 5) is 27.2. The third-order valence-corrected chi connectivity index (χ3v) is 6.11. The molecule has 0 aliphatic carbocycles. The highest BCUT2D eigenvalue weighted by Crippen LogP contribution is 2.36. The molecule has 0 radical (unpaired) electrons. The van der Waals surface area contributed by atoms with Gasteiger partial charge < -0.3 is 24.0 Å². The number of hydrogen-bond donors (Lipinski definition) is 0. The van der Waals surface area contributed by atoms with Crippen molar-refractivity contribution in [3.63, 3.8) is 0 Å². The van der Waals surface area contributed by atoms with Crippen molar-refractivity contribution in [1.29, 1.82) is 0 Å². The fourth-order valence-corrected chi connectivity index (χ4v) is 4.30. The molecule has 1 spiro atoms. The number of piperidine rings is 1. The molecule has 2 heterocycles. The van der Waals surface area contributed by atoms with Crippen molar-refractivity contribution in [2.75, 3.05) is 44.8 Å². The molecule has 2 aliphatic rings. The van der Waals surface area contributed by atoms with E-state index in [9.17, 15) is 14.9 Å². The van der Waals surface area contributed by atoms with Gasteiger partial charge in [0.1, 0.15) is 6.61 Å². The van der Waals surface area contributed by atoms with Gasteiger partial charge in [-0.2, -0.15) is 0 Å². The number of hydrogen-bond acceptors (Lipinski definition) is 7. The molecule has 0 N–H and O–H groups in total. The quantitative estimate of drug-likeness (QED) is 0.517. The van der Waals surface area contributed by atoms with E-state index < -0.39 is 10.5 Å². The molecule has 2 fully saturated rings. The summed E-state index contributed by atoms with van der Waals surface area (Å²) in [5, 5.41) is 11.1. The summed E-state index contributed by atoms with van der Waals surface area (Å²) >= 11 is 0. The normalized spacial score (nSPS) is 17.8. The number of amides is 1. The van der Waals surface area contributed by atoms with E-state index in [0.717, 1.165) is 24.1 Å². The first kappa shape index (κ1) is 21.9. The van der Waals surface area contributed by atoms with E-state index in [1.54, 1.807) is 17.0 Å². The minimum Gasteiger partial charge on any atom is -0.490 e. The average Bonchev–Trinajstić information content (AvgIpc) is 2.83. The van der Waals surface area contributed by atoms with Crippen molar-refractivity contribution < 1.29 is 23.9 Å². The Bertz CT molecular complexity index is 959. The SMILES string of the molecule is COc1cc(N2CCC3(CC2)CN(C(=O)OCc2ccccc2)CCO3)ccc1[N+](=O)[O-]. The average molecular weight is 441 g/mol. The molecule has 4 rings (SSSR count). The topological polar surface area (TPSA) is 94.4 Å². The number of nitrogens with zero attached hydrogens (tertiary/aromatic N) is 3. The Morgan fingerprint density at radius 2 is 1.91 bits per heavy atom. The van der Waals surface area contributed by atoms with Crippen LogP contribution in [0.4, 0.5) is 16.2 Å². The summed E-state index contributed by atoms with van der Waals surface area (Å²) in [5.74, 6) is 0.244. The zero-order valence-electron chi connectivity index (χ0n) is 18.1. The van der Waals surface area contributed by atoms with Crippen LogP contribution in [-0.2, 0) is 16.1 Å². The molecular weight excluding hydrogens is 414 g/mol. The number of carbonyl (C=O) groups excluding carboxylic acids is 1. The van der Waals surface area contributed by atoms with Gasteiger partial charge in [-0.3, -0.25) is 10.1 Å². The smallest absolute Gasteiger partial charge is 0.410 e. The van der Waals surface area contributed by atoms with Gasteiger partial charge in [0.25, 0.3) is 0 Å². The summed E-state index contributed by atoms with van der Waals surface area (Å²) in [6, 6.07) is 14.5. The van der Waals surface area contributed by atoms with Crippen molar-refractivity contribution in [1.82, 2.24) is 4.90 Å². The van der Waals surface area contributed by atoms with Gasteiger partial charge in [0.15, 0.2) is 5.75 Å². The number of methoxy groups -OCH3 is 1. The lowest BCUT2D eigenvalue weighted by atomic mass is 9.89. The van der Waals surface area contributed by atoms with Crippen molar-refractivity contribution >= 4 is 17.5 Å². The monoisotopic (exact) mass is 441 g/mol. The first-order valence-electron chi connectivity index (χ1n) is 10.7. The highest BCUT2D eigenvalue weighted by atomic mass is 16.6. The number of rotatable bonds is 5. The van der Waals surface area contributed by atoms with Crippen LogP contribution >= 0.6 is 0 Å². The van der Waals surface area contributed by atoms with Crippen molar-refractivity contribution in [3.05, 3.63) is 64.2 Å². The number of carbonyl (C=O) groups is 1. The molecule has 2 aliphatic heterocycles. The van der Waals surface area contributed by atoms with Crippen LogP contribution in [-0.4, -0.2) is 61.4 Å². The predicted octanol–water partition coefficient (Wildman–Crippen LogP) is 3.61. The van der Waals surface area contributed by atoms with Crippen LogP contribution in [0.15, 0.2) is 48.5 Å². The molecule has 0 aromatic heterocycles. The summed E-state index contributed by atoms with van der Waals surface area (Å²) in [5.41, 5.74) is 1.38. The molecule has 9 heteroatoms. The molecule has 0 atom stereocenters. The third kappa shape index (κ3) is 4.77. The third-order valence-electron chi connectivity index (χ3n) is 6.11. The second-order valence-corrected chi connectivity index (χ2v) is 8.09. The lowest BCUT2D eigenvalue weighted by Gasteiger charge is -2.47. The van der Waals surface area contributed by atoms with Gasteiger partial charge in [0, 0.05) is 37.5 Å². The van der Waals surface area contributed by atoms with Crippen LogP contribution in [0.3, 0.4) is 0 Å². The Hall–Kier alpha value is -3.33. The zero-order chi connectivity index (χ0) is 22.6. The maximum atomic E-state index is 12.6. The second kappa shape index (κ2) is 9.44. The van der Waals surface area contributed by atoms with Gasteiger partial charge in [0.05, 0.1) is 30.8 Å². The van der Waals surface area contributed by atoms with E-state index in [0.29, 0.717) is 32.8 Å². The van der Waals surface area contributed by atoms with Crippen LogP contribution in [0.1, 0.15) is 18.4 Å². The Morgan fingerprint density at radius 1 is 1.16 bits per heavy atom. The summed E-state index contributed by atoms with van der Waals surface area (Å²) in [6.45, 7) is 3.17. The highest BCUT2D eigenvalue weighted by Gasteiger charge is 2.41. The van der Waals surface area contributed by atoms with Crippen molar-refractivity contribution in [2.24, 2.45) is 0 Å². The lowest BCUT2D eigenvalue weighted by Crippen LogP contribution is -2.58. The molecule has 9 nitrogen and oxygen atoms in total. The molecule has 0 unspecified atom stereocenters. The van der Waals surface area contributed by atoms with E-state index >= 15 is 0 Å².